The molecule has 0 aliphatic carbocycles. The Morgan fingerprint density at radius 2 is 2.22 bits per heavy atom. The molecule has 1 aromatic carbocycles. The number of hydrogen-bond donors (Lipinski definition) is 1. The van der Waals surface area contributed by atoms with Crippen LogP contribution in [0.1, 0.15) is 15.9 Å². The van der Waals surface area contributed by atoms with Gasteiger partial charge in [0.1, 0.15) is 11.1 Å². The van der Waals surface area contributed by atoms with Crippen LogP contribution in [0.3, 0.4) is 0 Å². The van der Waals surface area contributed by atoms with Gasteiger partial charge >= 0.3 is 0 Å². The fourth-order valence-electron chi connectivity index (χ4n) is 1.31. The van der Waals surface area contributed by atoms with E-state index in [2.05, 4.69) is 27.9 Å². The average Bonchev–Trinajstić information content (AvgIpc) is 2.79. The van der Waals surface area contributed by atoms with Gasteiger partial charge in [-0.15, -0.1) is 11.3 Å². The van der Waals surface area contributed by atoms with Crippen LogP contribution in [0, 0.1) is 14.9 Å². The molecule has 0 spiro atoms. The van der Waals surface area contributed by atoms with Gasteiger partial charge in [-0.2, -0.15) is 5.26 Å². The predicted molar refractivity (Wildman–Crippen MR) is 81.2 cm³/mol. The molecule has 0 aliphatic heterocycles. The number of anilines is 1. The molecule has 0 saturated carbocycles. The molecule has 2 rings (SSSR count). The Morgan fingerprint density at radius 3 is 2.89 bits per heavy atom. The first-order valence-corrected chi connectivity index (χ1v) is 7.19. The Bertz CT molecular complexity index is 648. The lowest BCUT2D eigenvalue weighted by molar-refractivity contribution is 0.102. The Hall–Kier alpha value is -1.10. The van der Waals surface area contributed by atoms with Gasteiger partial charge in [0, 0.05) is 9.13 Å². The quantitative estimate of drug-likeness (QED) is 0.787. The number of amides is 1. The van der Waals surface area contributed by atoms with E-state index in [9.17, 15) is 4.79 Å². The number of halogens is 2. The number of hydrogen-bond acceptors (Lipinski definition) is 3. The molecule has 1 heterocycles. The summed E-state index contributed by atoms with van der Waals surface area (Å²) in [7, 11) is 0. The van der Waals surface area contributed by atoms with Crippen LogP contribution in [0.15, 0.2) is 29.6 Å². The first-order valence-electron chi connectivity index (χ1n) is 4.86. The summed E-state index contributed by atoms with van der Waals surface area (Å²) in [6.07, 6.45) is 0. The Labute approximate surface area is 127 Å². The third kappa shape index (κ3) is 2.83. The van der Waals surface area contributed by atoms with E-state index in [0.29, 0.717) is 21.2 Å². The molecule has 3 nitrogen and oxygen atoms in total. The molecule has 0 atom stereocenters. The largest absolute Gasteiger partial charge is 0.312 e. The number of nitrogens with one attached hydrogen (secondary N) is 1. The van der Waals surface area contributed by atoms with E-state index in [0.717, 1.165) is 3.57 Å². The van der Waals surface area contributed by atoms with Crippen molar-refractivity contribution in [3.05, 3.63) is 49.4 Å². The number of carbonyl (C=O) groups excluding carboxylic acids is 1. The van der Waals surface area contributed by atoms with Crippen LogP contribution in [-0.2, 0) is 0 Å². The third-order valence-electron chi connectivity index (χ3n) is 2.19. The van der Waals surface area contributed by atoms with Crippen molar-refractivity contribution in [3.8, 4) is 6.07 Å². The molecule has 6 heteroatoms. The zero-order valence-corrected chi connectivity index (χ0v) is 12.6. The van der Waals surface area contributed by atoms with E-state index in [1.165, 1.54) is 11.3 Å². The van der Waals surface area contributed by atoms with Gasteiger partial charge in [0.2, 0.25) is 0 Å². The second kappa shape index (κ2) is 5.69. The first-order chi connectivity index (χ1) is 8.61. The summed E-state index contributed by atoms with van der Waals surface area (Å²) in [5, 5.41) is 14.4. The van der Waals surface area contributed by atoms with E-state index in [4.69, 9.17) is 16.9 Å². The van der Waals surface area contributed by atoms with Crippen molar-refractivity contribution >= 4 is 56.4 Å². The summed E-state index contributed by atoms with van der Waals surface area (Å²) < 4.78 is 0.889. The normalized spacial score (nSPS) is 9.83. The lowest BCUT2D eigenvalue weighted by Gasteiger charge is -2.04. The molecule has 1 amide bonds. The fourth-order valence-corrected chi connectivity index (χ4v) is 2.56. The van der Waals surface area contributed by atoms with Crippen molar-refractivity contribution in [3.63, 3.8) is 0 Å². The maximum Gasteiger partial charge on any atom is 0.256 e. The highest BCUT2D eigenvalue weighted by Crippen LogP contribution is 2.24. The number of benzene rings is 1. The molecule has 0 saturated heterocycles. The van der Waals surface area contributed by atoms with Crippen molar-refractivity contribution in [2.75, 3.05) is 5.32 Å². The monoisotopic (exact) mass is 388 g/mol. The zero-order valence-electron chi connectivity index (χ0n) is 8.91. The number of rotatable bonds is 2. The molecular formula is C12H6ClIN2OS. The summed E-state index contributed by atoms with van der Waals surface area (Å²) in [5.74, 6) is -0.271. The smallest absolute Gasteiger partial charge is 0.256 e. The standard InChI is InChI=1S/C12H6ClIN2OS/c13-9-5-7(1-2-10(9)14)11(17)16-12-8(6-15)3-4-18-12/h1-5H,(H,16,17). The summed E-state index contributed by atoms with van der Waals surface area (Å²) >= 11 is 9.37. The molecule has 18 heavy (non-hydrogen) atoms. The second-order valence-corrected chi connectivity index (χ2v) is 5.84. The summed E-state index contributed by atoms with van der Waals surface area (Å²) in [6, 6.07) is 8.77. The van der Waals surface area contributed by atoms with Crippen LogP contribution >= 0.6 is 45.5 Å². The first kappa shape index (κ1) is 13.3. The number of nitriles is 1. The van der Waals surface area contributed by atoms with Crippen LogP contribution < -0.4 is 5.32 Å². The van der Waals surface area contributed by atoms with Crippen LogP contribution in [-0.4, -0.2) is 5.91 Å². The van der Waals surface area contributed by atoms with Gasteiger partial charge in [0.15, 0.2) is 0 Å². The van der Waals surface area contributed by atoms with Crippen molar-refractivity contribution < 1.29 is 4.79 Å². The second-order valence-electron chi connectivity index (χ2n) is 3.36. The summed E-state index contributed by atoms with van der Waals surface area (Å²) in [6.45, 7) is 0. The van der Waals surface area contributed by atoms with Gasteiger partial charge < -0.3 is 5.32 Å². The highest BCUT2D eigenvalue weighted by molar-refractivity contribution is 14.1. The maximum atomic E-state index is 12.0. The number of thiophene rings is 1. The lowest BCUT2D eigenvalue weighted by atomic mass is 10.2. The van der Waals surface area contributed by atoms with Gasteiger partial charge in [0.05, 0.1) is 10.6 Å². The van der Waals surface area contributed by atoms with E-state index >= 15 is 0 Å². The SMILES string of the molecule is N#Cc1ccsc1NC(=O)c1ccc(I)c(Cl)c1. The predicted octanol–water partition coefficient (Wildman–Crippen LogP) is 4.13. The van der Waals surface area contributed by atoms with Crippen molar-refractivity contribution in [1.29, 1.82) is 5.26 Å². The minimum absolute atomic E-state index is 0.271. The zero-order chi connectivity index (χ0) is 13.1. The molecule has 1 N–H and O–H groups in total. The highest BCUT2D eigenvalue weighted by atomic mass is 127. The van der Waals surface area contributed by atoms with Crippen molar-refractivity contribution in [2.45, 2.75) is 0 Å². The Morgan fingerprint density at radius 1 is 1.44 bits per heavy atom. The molecule has 2 aromatic rings. The molecule has 0 fully saturated rings. The Kier molecular flexibility index (Phi) is 4.22. The van der Waals surface area contributed by atoms with Gasteiger partial charge in [-0.3, -0.25) is 4.79 Å². The minimum Gasteiger partial charge on any atom is -0.312 e. The summed E-state index contributed by atoms with van der Waals surface area (Å²) in [4.78, 5) is 12.0. The van der Waals surface area contributed by atoms with E-state index < -0.39 is 0 Å². The molecule has 90 valence electrons. The van der Waals surface area contributed by atoms with E-state index in [1.807, 2.05) is 6.07 Å². The maximum absolute atomic E-state index is 12.0. The van der Waals surface area contributed by atoms with Gasteiger partial charge in [-0.05, 0) is 52.2 Å². The van der Waals surface area contributed by atoms with Crippen LogP contribution in [0.5, 0.6) is 0 Å². The van der Waals surface area contributed by atoms with Crippen molar-refractivity contribution in [2.24, 2.45) is 0 Å². The summed E-state index contributed by atoms with van der Waals surface area (Å²) in [5.41, 5.74) is 0.933. The molecule has 0 aliphatic rings. The lowest BCUT2D eigenvalue weighted by Crippen LogP contribution is -2.11. The minimum atomic E-state index is -0.271. The average molecular weight is 389 g/mol. The number of carbonyl (C=O) groups is 1. The van der Waals surface area contributed by atoms with Gasteiger partial charge in [-0.1, -0.05) is 11.6 Å². The van der Waals surface area contributed by atoms with Crippen molar-refractivity contribution in [1.82, 2.24) is 0 Å². The topological polar surface area (TPSA) is 52.9 Å². The molecular weight excluding hydrogens is 383 g/mol. The van der Waals surface area contributed by atoms with E-state index in [-0.39, 0.29) is 5.91 Å². The molecule has 1 aromatic heterocycles. The van der Waals surface area contributed by atoms with Gasteiger partial charge in [0.25, 0.3) is 5.91 Å². The highest BCUT2D eigenvalue weighted by Gasteiger charge is 2.11. The molecule has 0 bridgehead atoms. The molecule has 0 radical (unpaired) electrons. The third-order valence-corrected chi connectivity index (χ3v) is 4.60. The number of nitrogens with zero attached hydrogens (tertiary/aromatic N) is 1. The van der Waals surface area contributed by atoms with Crippen LogP contribution in [0.2, 0.25) is 5.02 Å². The fraction of sp³-hybridized carbons (Fsp3) is 0. The van der Waals surface area contributed by atoms with Crippen LogP contribution in [0.4, 0.5) is 5.00 Å². The molecule has 0 unspecified atom stereocenters. The van der Waals surface area contributed by atoms with E-state index in [1.54, 1.807) is 29.6 Å². The Balaban J connectivity index is 2.23. The van der Waals surface area contributed by atoms with Crippen LogP contribution in [0.25, 0.3) is 0 Å². The van der Waals surface area contributed by atoms with Gasteiger partial charge in [-0.25, -0.2) is 0 Å².